The minimum atomic E-state index is -6.07. The van der Waals surface area contributed by atoms with Crippen molar-refractivity contribution in [2.45, 2.75) is 22.9 Å². The first-order chi connectivity index (χ1) is 8.57. The predicted molar refractivity (Wildman–Crippen MR) is 55.7 cm³/mol. The molecule has 1 heterocycles. The normalized spacial score (nSPS) is 16.2. The summed E-state index contributed by atoms with van der Waals surface area (Å²) in [6.07, 6.45) is -12.1. The molecule has 9 heteroatoms. The number of hydrogen-bond acceptors (Lipinski definition) is 2. The molecule has 2 rings (SSSR count). The molecule has 1 aromatic rings. The lowest BCUT2D eigenvalue weighted by molar-refractivity contribution is -0.348. The third-order valence-electron chi connectivity index (χ3n) is 2.65. The van der Waals surface area contributed by atoms with E-state index in [1.54, 1.807) is 0 Å². The SMILES string of the molecule is FC(F)(F)C(F)(c1ccc2c(c1)SCN2)C(F)(F)F. The fourth-order valence-electron chi connectivity index (χ4n) is 1.68. The third kappa shape index (κ3) is 2.13. The van der Waals surface area contributed by atoms with Gasteiger partial charge in [-0.25, -0.2) is 4.39 Å². The molecule has 1 aromatic carbocycles. The van der Waals surface area contributed by atoms with Crippen LogP contribution in [-0.4, -0.2) is 18.2 Å². The summed E-state index contributed by atoms with van der Waals surface area (Å²) in [7, 11) is 0. The average Bonchev–Trinajstić information content (AvgIpc) is 2.71. The van der Waals surface area contributed by atoms with Crippen LogP contribution in [0.2, 0.25) is 0 Å². The maximum absolute atomic E-state index is 13.7. The molecule has 106 valence electrons. The molecule has 0 saturated carbocycles. The molecule has 1 aliphatic rings. The van der Waals surface area contributed by atoms with Gasteiger partial charge >= 0.3 is 18.0 Å². The monoisotopic (exact) mass is 305 g/mol. The van der Waals surface area contributed by atoms with Crippen LogP contribution in [0.4, 0.5) is 36.4 Å². The lowest BCUT2D eigenvalue weighted by Gasteiger charge is -2.30. The zero-order valence-corrected chi connectivity index (χ0v) is 9.81. The Morgan fingerprint density at radius 3 is 2.05 bits per heavy atom. The highest BCUT2D eigenvalue weighted by atomic mass is 32.2. The van der Waals surface area contributed by atoms with Crippen molar-refractivity contribution in [3.05, 3.63) is 23.8 Å². The Hall–Kier alpha value is -1.12. The summed E-state index contributed by atoms with van der Waals surface area (Å²) in [5.41, 5.74) is -6.43. The first kappa shape index (κ1) is 14.3. The number of fused-ring (bicyclic) bond motifs is 1. The Morgan fingerprint density at radius 1 is 0.947 bits per heavy atom. The highest BCUT2D eigenvalue weighted by Gasteiger charge is 2.73. The second kappa shape index (κ2) is 4.19. The smallest absolute Gasteiger partial charge is 0.375 e. The van der Waals surface area contributed by atoms with Gasteiger partial charge in [-0.2, -0.15) is 26.3 Å². The summed E-state index contributed by atoms with van der Waals surface area (Å²) in [5, 5.41) is 2.73. The zero-order valence-electron chi connectivity index (χ0n) is 8.99. The maximum Gasteiger partial charge on any atom is 0.435 e. The molecule has 19 heavy (non-hydrogen) atoms. The summed E-state index contributed by atoms with van der Waals surface area (Å²) in [6, 6.07) is 2.09. The van der Waals surface area contributed by atoms with Crippen LogP contribution in [0.1, 0.15) is 5.56 Å². The Morgan fingerprint density at radius 2 is 1.53 bits per heavy atom. The zero-order chi connectivity index (χ0) is 14.5. The van der Waals surface area contributed by atoms with Gasteiger partial charge in [-0.15, -0.1) is 11.8 Å². The molecule has 1 aliphatic heterocycles. The van der Waals surface area contributed by atoms with Crippen LogP contribution >= 0.6 is 11.8 Å². The minimum absolute atomic E-state index is 0.160. The first-order valence-electron chi connectivity index (χ1n) is 4.91. The molecule has 1 nitrogen and oxygen atoms in total. The van der Waals surface area contributed by atoms with E-state index in [-0.39, 0.29) is 4.90 Å². The fourth-order valence-corrected chi connectivity index (χ4v) is 2.57. The molecule has 0 bridgehead atoms. The lowest BCUT2D eigenvalue weighted by atomic mass is 9.94. The molecular weight excluding hydrogens is 299 g/mol. The van der Waals surface area contributed by atoms with Gasteiger partial charge in [-0.1, -0.05) is 6.07 Å². The molecule has 0 amide bonds. The van der Waals surface area contributed by atoms with Crippen LogP contribution in [0.25, 0.3) is 0 Å². The van der Waals surface area contributed by atoms with Crippen LogP contribution in [0, 0.1) is 0 Å². The van der Waals surface area contributed by atoms with Gasteiger partial charge in [0, 0.05) is 16.1 Å². The fraction of sp³-hybridized carbons (Fsp3) is 0.400. The van der Waals surface area contributed by atoms with Gasteiger partial charge in [-0.3, -0.25) is 0 Å². The van der Waals surface area contributed by atoms with Gasteiger partial charge in [0.15, 0.2) is 0 Å². The molecule has 0 aliphatic carbocycles. The average molecular weight is 305 g/mol. The van der Waals surface area contributed by atoms with Gasteiger partial charge in [-0.05, 0) is 12.1 Å². The van der Waals surface area contributed by atoms with E-state index in [9.17, 15) is 30.7 Å². The van der Waals surface area contributed by atoms with Crippen LogP contribution in [0.15, 0.2) is 23.1 Å². The Kier molecular flexibility index (Phi) is 3.15. The van der Waals surface area contributed by atoms with Crippen molar-refractivity contribution < 1.29 is 30.7 Å². The van der Waals surface area contributed by atoms with E-state index in [0.717, 1.165) is 17.8 Å². The van der Waals surface area contributed by atoms with Crippen molar-refractivity contribution in [3.63, 3.8) is 0 Å². The summed E-state index contributed by atoms with van der Waals surface area (Å²) in [4.78, 5) is 0.160. The number of benzene rings is 1. The molecule has 0 spiro atoms. The number of nitrogens with one attached hydrogen (secondary N) is 1. The number of halogens is 7. The minimum Gasteiger partial charge on any atom is -0.375 e. The van der Waals surface area contributed by atoms with Gasteiger partial charge in [0.1, 0.15) is 0 Å². The van der Waals surface area contributed by atoms with E-state index < -0.39 is 23.6 Å². The number of thioether (sulfide) groups is 1. The molecule has 0 radical (unpaired) electrons. The highest BCUT2D eigenvalue weighted by molar-refractivity contribution is 7.99. The summed E-state index contributed by atoms with van der Waals surface area (Å²) in [6.45, 7) is 0. The van der Waals surface area contributed by atoms with E-state index in [1.807, 2.05) is 0 Å². The van der Waals surface area contributed by atoms with Gasteiger partial charge in [0.05, 0.1) is 5.88 Å². The first-order valence-corrected chi connectivity index (χ1v) is 5.89. The molecule has 0 atom stereocenters. The Bertz CT molecular complexity index is 480. The van der Waals surface area contributed by atoms with E-state index in [1.165, 1.54) is 0 Å². The summed E-state index contributed by atoms with van der Waals surface area (Å²) < 4.78 is 88.8. The molecule has 1 N–H and O–H groups in total. The van der Waals surface area contributed by atoms with Crippen molar-refractivity contribution in [3.8, 4) is 0 Å². The standard InChI is InChI=1S/C10H6F7NS/c11-8(9(12,13)14,10(15,16)17)5-1-2-6-7(3-5)19-4-18-6/h1-3,18H,4H2. The predicted octanol–water partition coefficient (Wildman–Crippen LogP) is 4.45. The molecular formula is C10H6F7NS. The van der Waals surface area contributed by atoms with E-state index >= 15 is 0 Å². The van der Waals surface area contributed by atoms with E-state index in [0.29, 0.717) is 23.7 Å². The van der Waals surface area contributed by atoms with Crippen molar-refractivity contribution in [1.82, 2.24) is 0 Å². The second-order valence-electron chi connectivity index (χ2n) is 3.83. The van der Waals surface area contributed by atoms with Crippen molar-refractivity contribution >= 4 is 17.4 Å². The Labute approximate surface area is 107 Å². The Balaban J connectivity index is 2.57. The summed E-state index contributed by atoms with van der Waals surface area (Å²) >= 11 is 1.01. The molecule has 0 unspecified atom stereocenters. The quantitative estimate of drug-likeness (QED) is 0.769. The highest BCUT2D eigenvalue weighted by Crippen LogP contribution is 2.54. The van der Waals surface area contributed by atoms with Crippen molar-refractivity contribution in [2.75, 3.05) is 11.2 Å². The van der Waals surface area contributed by atoms with Gasteiger partial charge in [0.2, 0.25) is 0 Å². The largest absolute Gasteiger partial charge is 0.435 e. The van der Waals surface area contributed by atoms with E-state index in [4.69, 9.17) is 0 Å². The second-order valence-corrected chi connectivity index (χ2v) is 4.85. The number of anilines is 1. The van der Waals surface area contributed by atoms with Crippen LogP contribution < -0.4 is 5.32 Å². The number of hydrogen-bond donors (Lipinski definition) is 1. The van der Waals surface area contributed by atoms with E-state index in [2.05, 4.69) is 5.32 Å². The topological polar surface area (TPSA) is 12.0 Å². The van der Waals surface area contributed by atoms with Gasteiger partial charge in [0.25, 0.3) is 0 Å². The van der Waals surface area contributed by atoms with Gasteiger partial charge < -0.3 is 5.32 Å². The third-order valence-corrected chi connectivity index (χ3v) is 3.59. The van der Waals surface area contributed by atoms with Crippen LogP contribution in [0.3, 0.4) is 0 Å². The van der Waals surface area contributed by atoms with Crippen LogP contribution in [0.5, 0.6) is 0 Å². The molecule has 0 fully saturated rings. The van der Waals surface area contributed by atoms with Crippen molar-refractivity contribution in [1.29, 1.82) is 0 Å². The molecule has 0 aromatic heterocycles. The van der Waals surface area contributed by atoms with Crippen LogP contribution in [-0.2, 0) is 5.67 Å². The maximum atomic E-state index is 13.7. The molecule has 0 saturated heterocycles. The number of rotatable bonds is 1. The lowest BCUT2D eigenvalue weighted by Crippen LogP contribution is -2.50. The summed E-state index contributed by atoms with van der Waals surface area (Å²) in [5.74, 6) is 0.316. The number of alkyl halides is 7. The van der Waals surface area contributed by atoms with Crippen molar-refractivity contribution in [2.24, 2.45) is 0 Å².